The highest BCUT2D eigenvalue weighted by molar-refractivity contribution is 7.22. The number of hydrogen-bond acceptors (Lipinski definition) is 8. The van der Waals surface area contributed by atoms with E-state index in [-0.39, 0.29) is 11.3 Å². The number of aliphatic hydroxyl groups excluding tert-OH is 1. The van der Waals surface area contributed by atoms with Gasteiger partial charge in [-0.3, -0.25) is 14.5 Å². The predicted molar refractivity (Wildman–Crippen MR) is 146 cm³/mol. The SMILES string of the molecule is CCc1ccc2nc(N3C(=O)C(=O)/C(=C(/O)c4ccc(OC)cc4)[C@H]3c3cc(OC)ccc3OC)sc2c1. The number of fused-ring (bicyclic) bond motifs is 1. The van der Waals surface area contributed by atoms with Crippen molar-refractivity contribution < 1.29 is 28.9 Å². The number of hydrogen-bond donors (Lipinski definition) is 1. The molecule has 5 rings (SSSR count). The van der Waals surface area contributed by atoms with E-state index in [4.69, 9.17) is 19.2 Å². The van der Waals surface area contributed by atoms with Crippen LogP contribution in [-0.4, -0.2) is 43.1 Å². The third kappa shape index (κ3) is 4.24. The molecule has 1 saturated heterocycles. The first-order valence-corrected chi connectivity index (χ1v) is 12.8. The highest BCUT2D eigenvalue weighted by Crippen LogP contribution is 2.47. The fourth-order valence-electron chi connectivity index (χ4n) is 4.56. The summed E-state index contributed by atoms with van der Waals surface area (Å²) in [6.07, 6.45) is 0.858. The van der Waals surface area contributed by atoms with Gasteiger partial charge in [-0.15, -0.1) is 0 Å². The molecule has 0 unspecified atom stereocenters. The number of aliphatic hydroxyl groups is 1. The highest BCUT2D eigenvalue weighted by Gasteiger charge is 2.49. The Hall–Kier alpha value is -4.37. The van der Waals surface area contributed by atoms with Crippen molar-refractivity contribution in [2.45, 2.75) is 19.4 Å². The Kier molecular flexibility index (Phi) is 6.77. The van der Waals surface area contributed by atoms with Crippen LogP contribution < -0.4 is 19.1 Å². The number of carbonyl (C=O) groups is 2. The monoisotopic (exact) mass is 530 g/mol. The Morgan fingerprint density at radius 1 is 0.947 bits per heavy atom. The normalized spacial score (nSPS) is 16.7. The lowest BCUT2D eigenvalue weighted by Gasteiger charge is -2.25. The van der Waals surface area contributed by atoms with Crippen molar-refractivity contribution >= 4 is 44.1 Å². The summed E-state index contributed by atoms with van der Waals surface area (Å²) in [7, 11) is 4.57. The van der Waals surface area contributed by atoms with Crippen LogP contribution in [0, 0.1) is 0 Å². The van der Waals surface area contributed by atoms with Crippen molar-refractivity contribution in [1.82, 2.24) is 4.98 Å². The molecule has 8 nitrogen and oxygen atoms in total. The number of aryl methyl sites for hydroxylation is 1. The van der Waals surface area contributed by atoms with Crippen molar-refractivity contribution in [3.63, 3.8) is 0 Å². The van der Waals surface area contributed by atoms with Crippen LogP contribution in [-0.2, 0) is 16.0 Å². The van der Waals surface area contributed by atoms with E-state index in [0.29, 0.717) is 33.5 Å². The quantitative estimate of drug-likeness (QED) is 0.191. The number of thiazole rings is 1. The molecule has 4 aromatic rings. The first kappa shape index (κ1) is 25.3. The molecular weight excluding hydrogens is 504 g/mol. The Bertz CT molecular complexity index is 1570. The summed E-state index contributed by atoms with van der Waals surface area (Å²) in [4.78, 5) is 33.2. The minimum Gasteiger partial charge on any atom is -0.507 e. The van der Waals surface area contributed by atoms with Gasteiger partial charge in [0, 0.05) is 11.1 Å². The third-order valence-corrected chi connectivity index (χ3v) is 7.61. The Balaban J connectivity index is 1.76. The zero-order valence-electron chi connectivity index (χ0n) is 21.3. The second kappa shape index (κ2) is 10.2. The molecule has 1 amide bonds. The molecule has 0 radical (unpaired) electrons. The Morgan fingerprint density at radius 2 is 1.66 bits per heavy atom. The van der Waals surface area contributed by atoms with Crippen molar-refractivity contribution in [3.8, 4) is 17.2 Å². The van der Waals surface area contributed by atoms with Crippen LogP contribution in [0.15, 0.2) is 66.2 Å². The van der Waals surface area contributed by atoms with Crippen LogP contribution in [0.3, 0.4) is 0 Å². The number of ketones is 1. The Morgan fingerprint density at radius 3 is 2.32 bits per heavy atom. The van der Waals surface area contributed by atoms with Gasteiger partial charge in [0.05, 0.1) is 37.1 Å². The smallest absolute Gasteiger partial charge is 0.301 e. The number of amides is 1. The summed E-state index contributed by atoms with van der Waals surface area (Å²) >= 11 is 1.32. The average Bonchev–Trinajstić information content (AvgIpc) is 3.49. The lowest BCUT2D eigenvalue weighted by Crippen LogP contribution is -2.29. The van der Waals surface area contributed by atoms with Gasteiger partial charge in [0.15, 0.2) is 5.13 Å². The third-order valence-electron chi connectivity index (χ3n) is 6.60. The molecule has 9 heteroatoms. The van der Waals surface area contributed by atoms with Crippen LogP contribution in [0.25, 0.3) is 16.0 Å². The van der Waals surface area contributed by atoms with Crippen LogP contribution in [0.2, 0.25) is 0 Å². The van der Waals surface area contributed by atoms with Crippen LogP contribution >= 0.6 is 11.3 Å². The first-order valence-electron chi connectivity index (χ1n) is 12.0. The maximum Gasteiger partial charge on any atom is 0.301 e. The van der Waals surface area contributed by atoms with Crippen LogP contribution in [0.1, 0.15) is 29.7 Å². The molecule has 0 aliphatic carbocycles. The first-order chi connectivity index (χ1) is 18.4. The lowest BCUT2D eigenvalue weighted by molar-refractivity contribution is -0.132. The van der Waals surface area contributed by atoms with Crippen molar-refractivity contribution in [3.05, 3.63) is 82.9 Å². The van der Waals surface area contributed by atoms with Crippen molar-refractivity contribution in [2.24, 2.45) is 0 Å². The topological polar surface area (TPSA) is 98.2 Å². The zero-order chi connectivity index (χ0) is 27.0. The van der Waals surface area contributed by atoms with Gasteiger partial charge in [-0.1, -0.05) is 24.3 Å². The average molecular weight is 531 g/mol. The molecule has 2 heterocycles. The fraction of sp³-hybridized carbons (Fsp3) is 0.207. The second-order valence-electron chi connectivity index (χ2n) is 8.66. The number of anilines is 1. The molecule has 38 heavy (non-hydrogen) atoms. The standard InChI is InChI=1S/C29H26N2O6S/c1-5-16-6-12-21-23(14-16)38-29(30-21)31-25(20-15-19(36-3)11-13-22(20)37-4)24(27(33)28(31)34)26(32)17-7-9-18(35-2)10-8-17/h6-15,25,32H,5H2,1-4H3/b26-24+/t25-/m1/s1. The van der Waals surface area contributed by atoms with Crippen molar-refractivity contribution in [2.75, 3.05) is 26.2 Å². The number of rotatable bonds is 7. The minimum atomic E-state index is -1.01. The summed E-state index contributed by atoms with van der Waals surface area (Å²) < 4.78 is 17.2. The predicted octanol–water partition coefficient (Wildman–Crippen LogP) is 5.51. The maximum absolute atomic E-state index is 13.6. The van der Waals surface area contributed by atoms with E-state index < -0.39 is 17.7 Å². The zero-order valence-corrected chi connectivity index (χ0v) is 22.2. The number of methoxy groups -OCH3 is 3. The summed E-state index contributed by atoms with van der Waals surface area (Å²) in [5.74, 6) is -0.386. The van der Waals surface area contributed by atoms with Crippen molar-refractivity contribution in [1.29, 1.82) is 0 Å². The molecule has 0 spiro atoms. The number of aromatic nitrogens is 1. The van der Waals surface area contributed by atoms with Gasteiger partial charge >= 0.3 is 5.91 Å². The molecule has 1 aliphatic rings. The minimum absolute atomic E-state index is 0.0692. The second-order valence-corrected chi connectivity index (χ2v) is 9.67. The van der Waals surface area contributed by atoms with Gasteiger partial charge in [-0.25, -0.2) is 4.98 Å². The molecule has 0 bridgehead atoms. The van der Waals surface area contributed by atoms with Gasteiger partial charge in [-0.2, -0.15) is 0 Å². The Labute approximate surface area is 223 Å². The maximum atomic E-state index is 13.6. The van der Waals surface area contributed by atoms with E-state index in [1.165, 1.54) is 37.6 Å². The van der Waals surface area contributed by atoms with E-state index in [9.17, 15) is 14.7 Å². The van der Waals surface area contributed by atoms with E-state index in [0.717, 1.165) is 22.2 Å². The number of ether oxygens (including phenoxy) is 3. The number of Topliss-reactive ketones (excluding diaryl/α,β-unsaturated/α-hetero) is 1. The molecule has 1 N–H and O–H groups in total. The number of carbonyl (C=O) groups excluding carboxylic acids is 2. The number of benzene rings is 3. The van der Waals surface area contributed by atoms with Gasteiger partial charge in [-0.05, 0) is 66.6 Å². The molecule has 1 atom stereocenters. The molecule has 194 valence electrons. The summed E-state index contributed by atoms with van der Waals surface area (Å²) in [5, 5.41) is 11.8. The van der Waals surface area contributed by atoms with Gasteiger partial charge < -0.3 is 19.3 Å². The number of nitrogens with zero attached hydrogens (tertiary/aromatic N) is 2. The van der Waals surface area contributed by atoms with Crippen LogP contribution in [0.4, 0.5) is 5.13 Å². The molecule has 1 aliphatic heterocycles. The molecule has 0 saturated carbocycles. The van der Waals surface area contributed by atoms with Gasteiger partial charge in [0.1, 0.15) is 29.0 Å². The molecule has 1 aromatic heterocycles. The van der Waals surface area contributed by atoms with Crippen LogP contribution in [0.5, 0.6) is 17.2 Å². The summed E-state index contributed by atoms with van der Waals surface area (Å²) in [6.45, 7) is 2.07. The van der Waals surface area contributed by atoms with E-state index in [1.807, 2.05) is 18.2 Å². The van der Waals surface area contributed by atoms with E-state index in [2.05, 4.69) is 6.92 Å². The van der Waals surface area contributed by atoms with E-state index in [1.54, 1.807) is 42.5 Å². The molecule has 3 aromatic carbocycles. The summed E-state index contributed by atoms with van der Waals surface area (Å²) in [6, 6.07) is 16.7. The lowest BCUT2D eigenvalue weighted by atomic mass is 9.94. The van der Waals surface area contributed by atoms with Gasteiger partial charge in [0.2, 0.25) is 0 Å². The highest BCUT2D eigenvalue weighted by atomic mass is 32.1. The van der Waals surface area contributed by atoms with E-state index >= 15 is 0 Å². The fourth-order valence-corrected chi connectivity index (χ4v) is 5.62. The summed E-state index contributed by atoms with van der Waals surface area (Å²) in [5.41, 5.74) is 2.64. The van der Waals surface area contributed by atoms with Gasteiger partial charge in [0.25, 0.3) is 5.78 Å². The molecular formula is C29H26N2O6S. The molecule has 1 fully saturated rings. The largest absolute Gasteiger partial charge is 0.507 e.